The molecular weight excluding hydrogens is 685 g/mol. The van der Waals surface area contributed by atoms with Gasteiger partial charge in [-0.1, -0.05) is 17.4 Å². The number of fused-ring (bicyclic) bond motifs is 9. The summed E-state index contributed by atoms with van der Waals surface area (Å²) in [6.07, 6.45) is 0.709. The zero-order valence-corrected chi connectivity index (χ0v) is 28.3. The van der Waals surface area contributed by atoms with Gasteiger partial charge in [0.05, 0.1) is 41.7 Å². The number of carbonyl (C=O) groups excluding carboxylic acids is 3. The van der Waals surface area contributed by atoms with Crippen molar-refractivity contribution in [3.63, 3.8) is 0 Å². The summed E-state index contributed by atoms with van der Waals surface area (Å²) < 4.78 is 16.7. The molecule has 2 bridgehead atoms. The van der Waals surface area contributed by atoms with Gasteiger partial charge in [-0.2, -0.15) is 0 Å². The van der Waals surface area contributed by atoms with Crippen LogP contribution in [0.25, 0.3) is 0 Å². The molecule has 3 amide bonds. The first-order chi connectivity index (χ1) is 24.2. The number of aromatic amines is 1. The van der Waals surface area contributed by atoms with E-state index in [1.54, 1.807) is 49.2 Å². The number of anilines is 2. The number of nitrogens with one attached hydrogen (secondary N) is 2. The van der Waals surface area contributed by atoms with Crippen molar-refractivity contribution in [3.8, 4) is 17.2 Å². The number of nitrogens with zero attached hydrogens (tertiary/aromatic N) is 2. The van der Waals surface area contributed by atoms with Crippen LogP contribution in [0.15, 0.2) is 76.6 Å². The van der Waals surface area contributed by atoms with Crippen molar-refractivity contribution in [1.29, 1.82) is 0 Å². The van der Waals surface area contributed by atoms with Crippen molar-refractivity contribution >= 4 is 57.9 Å². The molecule has 8 rings (SSSR count). The fourth-order valence-corrected chi connectivity index (χ4v) is 11.3. The number of thiazole rings is 1. The molecule has 3 aromatic carbocycles. The minimum atomic E-state index is -0.530. The number of aromatic nitrogens is 1. The summed E-state index contributed by atoms with van der Waals surface area (Å²) in [5.41, 5.74) is 1.67. The second-order valence-electron chi connectivity index (χ2n) is 12.7. The Labute approximate surface area is 293 Å². The largest absolute Gasteiger partial charge is 0.497 e. The number of H-pyrrole nitrogens is 1. The van der Waals surface area contributed by atoms with E-state index in [4.69, 9.17) is 14.2 Å². The molecule has 3 fully saturated rings. The van der Waals surface area contributed by atoms with Gasteiger partial charge in [0, 0.05) is 33.9 Å². The number of benzene rings is 3. The maximum atomic E-state index is 14.0. The number of amides is 3. The monoisotopic (exact) mass is 714 g/mol. The van der Waals surface area contributed by atoms with E-state index in [9.17, 15) is 29.3 Å². The van der Waals surface area contributed by atoms with Crippen molar-refractivity contribution in [2.75, 3.05) is 31.0 Å². The lowest BCUT2D eigenvalue weighted by Crippen LogP contribution is -2.42. The minimum absolute atomic E-state index is 0.0267. The van der Waals surface area contributed by atoms with E-state index in [1.807, 2.05) is 12.1 Å². The molecule has 3 heterocycles. The van der Waals surface area contributed by atoms with E-state index in [2.05, 4.69) is 10.3 Å². The predicted molar refractivity (Wildman–Crippen MR) is 184 cm³/mol. The predicted octanol–water partition coefficient (Wildman–Crippen LogP) is 5.06. The molecule has 2 saturated carbocycles. The summed E-state index contributed by atoms with van der Waals surface area (Å²) in [4.78, 5) is 68.8. The van der Waals surface area contributed by atoms with Gasteiger partial charge in [-0.15, -0.1) is 11.8 Å². The number of hydrogen-bond acceptors (Lipinski definition) is 11. The second kappa shape index (κ2) is 12.3. The number of nitro benzene ring substituents is 1. The summed E-state index contributed by atoms with van der Waals surface area (Å²) in [7, 11) is 3.08. The maximum absolute atomic E-state index is 14.0. The Hall–Kier alpha value is -5.15. The lowest BCUT2D eigenvalue weighted by molar-refractivity contribution is -0.384. The topological polar surface area (TPSA) is 170 Å². The Balaban J connectivity index is 1.07. The van der Waals surface area contributed by atoms with Crippen LogP contribution in [0.3, 0.4) is 0 Å². The molecule has 2 aliphatic carbocycles. The number of imide groups is 1. The molecule has 1 saturated heterocycles. The van der Waals surface area contributed by atoms with Gasteiger partial charge in [-0.3, -0.25) is 34.2 Å². The van der Waals surface area contributed by atoms with Crippen LogP contribution in [0, 0.1) is 39.7 Å². The fraction of sp³-hybridized carbons (Fsp3) is 0.314. The van der Waals surface area contributed by atoms with Crippen molar-refractivity contribution in [2.45, 2.75) is 22.6 Å². The van der Waals surface area contributed by atoms with E-state index in [-0.39, 0.29) is 63.8 Å². The van der Waals surface area contributed by atoms with Gasteiger partial charge in [0.2, 0.25) is 11.8 Å². The Kier molecular flexibility index (Phi) is 7.90. The van der Waals surface area contributed by atoms with E-state index in [0.717, 1.165) is 26.8 Å². The third kappa shape index (κ3) is 5.14. The van der Waals surface area contributed by atoms with Crippen LogP contribution in [0.4, 0.5) is 17.1 Å². The third-order valence-corrected chi connectivity index (χ3v) is 12.9. The SMILES string of the molecule is COc1ccc(NC(=O)COc2ccc([C@@H]3c4sc(=O)[nH]c4S[C@@H]4[C@@H]5C[C@@H]([C@@H]6C(=O)N(c7ccc([N+](=O)[O-])cc7)C(=O)[C@@H]56)[C@H]34)cc2OC)cc1. The molecule has 2 aliphatic heterocycles. The van der Waals surface area contributed by atoms with Crippen molar-refractivity contribution in [2.24, 2.45) is 29.6 Å². The number of carbonyl (C=O) groups is 3. The third-order valence-electron chi connectivity index (χ3n) is 10.3. The Morgan fingerprint density at radius 1 is 0.960 bits per heavy atom. The van der Waals surface area contributed by atoms with Gasteiger partial charge in [0.25, 0.3) is 11.6 Å². The molecule has 1 aromatic heterocycles. The average Bonchev–Trinajstić information content (AvgIpc) is 3.86. The normalized spacial score (nSPS) is 25.9. The van der Waals surface area contributed by atoms with Gasteiger partial charge in [0.15, 0.2) is 18.1 Å². The van der Waals surface area contributed by atoms with E-state index >= 15 is 0 Å². The second-order valence-corrected chi connectivity index (χ2v) is 14.9. The molecule has 0 unspecified atom stereocenters. The minimum Gasteiger partial charge on any atom is -0.497 e. The zero-order valence-electron chi connectivity index (χ0n) is 26.7. The number of methoxy groups -OCH3 is 2. The van der Waals surface area contributed by atoms with Crippen molar-refractivity contribution < 1.29 is 33.5 Å². The van der Waals surface area contributed by atoms with E-state index in [0.29, 0.717) is 35.0 Å². The number of rotatable bonds is 9. The fourth-order valence-electron chi connectivity index (χ4n) is 8.38. The molecule has 4 aromatic rings. The summed E-state index contributed by atoms with van der Waals surface area (Å²) in [5, 5.41) is 14.7. The molecule has 0 spiro atoms. The van der Waals surface area contributed by atoms with E-state index < -0.39 is 16.8 Å². The van der Waals surface area contributed by atoms with Crippen LogP contribution < -0.4 is 29.3 Å². The van der Waals surface area contributed by atoms with Gasteiger partial charge in [-0.25, -0.2) is 0 Å². The van der Waals surface area contributed by atoms with Gasteiger partial charge >= 0.3 is 4.87 Å². The standard InChI is InChI=1S/C35H30N4O9S2/c1-46-20-10-4-17(5-11-20)36-25(40)15-48-23-12-3-16(13-24(23)47-2)26-27-21-14-22(30(27)49-32-31(26)50-35(43)37-32)29-28(21)33(41)38(34(29)42)18-6-8-19(9-7-18)39(44)45/h3-13,21-22,26-30H,14-15H2,1-2H3,(H,36,40)(H,37,43)/t21-,22-,26+,27-,28+,29+,30-/m1/s1. The molecule has 15 heteroatoms. The highest BCUT2D eigenvalue weighted by Crippen LogP contribution is 2.68. The molecule has 2 N–H and O–H groups in total. The lowest BCUT2D eigenvalue weighted by atomic mass is 9.68. The summed E-state index contributed by atoms with van der Waals surface area (Å²) in [5.74, 6) is -1.02. The van der Waals surface area contributed by atoms with Crippen LogP contribution in [-0.2, 0) is 14.4 Å². The van der Waals surface area contributed by atoms with Crippen molar-refractivity contribution in [3.05, 3.63) is 97.0 Å². The molecule has 50 heavy (non-hydrogen) atoms. The Bertz CT molecular complexity index is 2100. The molecule has 13 nitrogen and oxygen atoms in total. The van der Waals surface area contributed by atoms with Crippen LogP contribution in [-0.4, -0.2) is 53.7 Å². The molecule has 7 atom stereocenters. The highest BCUT2D eigenvalue weighted by Gasteiger charge is 2.69. The van der Waals surface area contributed by atoms with Gasteiger partial charge in [-0.05, 0) is 78.3 Å². The molecular formula is C35H30N4O9S2. The lowest BCUT2D eigenvalue weighted by Gasteiger charge is -2.43. The highest BCUT2D eigenvalue weighted by molar-refractivity contribution is 8.00. The summed E-state index contributed by atoms with van der Waals surface area (Å²) in [6.45, 7) is -0.260. The summed E-state index contributed by atoms with van der Waals surface area (Å²) >= 11 is 2.73. The molecule has 0 radical (unpaired) electrons. The number of ether oxygens (including phenoxy) is 3. The first-order valence-corrected chi connectivity index (χ1v) is 17.6. The number of hydrogen-bond donors (Lipinski definition) is 2. The smallest absolute Gasteiger partial charge is 0.305 e. The van der Waals surface area contributed by atoms with Crippen molar-refractivity contribution in [1.82, 2.24) is 4.98 Å². The first kappa shape index (κ1) is 32.1. The molecule has 256 valence electrons. The van der Waals surface area contributed by atoms with Crippen LogP contribution in [0.5, 0.6) is 17.2 Å². The highest BCUT2D eigenvalue weighted by atomic mass is 32.2. The zero-order chi connectivity index (χ0) is 34.8. The van der Waals surface area contributed by atoms with Crippen LogP contribution in [0.1, 0.15) is 22.8 Å². The Morgan fingerprint density at radius 3 is 2.36 bits per heavy atom. The van der Waals surface area contributed by atoms with E-state index in [1.165, 1.54) is 36.3 Å². The van der Waals surface area contributed by atoms with Crippen LogP contribution in [0.2, 0.25) is 0 Å². The quantitative estimate of drug-likeness (QED) is 0.136. The first-order valence-electron chi connectivity index (χ1n) is 15.9. The number of thioether (sulfide) groups is 1. The number of nitro groups is 1. The Morgan fingerprint density at radius 2 is 1.68 bits per heavy atom. The van der Waals surface area contributed by atoms with Gasteiger partial charge in [0.1, 0.15) is 5.75 Å². The average molecular weight is 715 g/mol. The molecule has 4 aliphatic rings. The number of non-ortho nitro benzene ring substituents is 1. The maximum Gasteiger partial charge on any atom is 0.305 e. The van der Waals surface area contributed by atoms with Crippen LogP contribution >= 0.6 is 23.1 Å². The summed E-state index contributed by atoms with van der Waals surface area (Å²) in [6, 6.07) is 17.9. The van der Waals surface area contributed by atoms with Gasteiger partial charge < -0.3 is 24.5 Å².